The molecule has 14 heteroatoms. The molecule has 254 valence electrons. The molecule has 0 bridgehead atoms. The Labute approximate surface area is 281 Å². The Morgan fingerprint density at radius 1 is 0.979 bits per heavy atom. The lowest BCUT2D eigenvalue weighted by molar-refractivity contribution is -0.137. The van der Waals surface area contributed by atoms with Gasteiger partial charge in [-0.2, -0.15) is 0 Å². The molecule has 1 aromatic heterocycles. The summed E-state index contributed by atoms with van der Waals surface area (Å²) in [5.74, 6) is -4.35. The van der Waals surface area contributed by atoms with Crippen molar-refractivity contribution >= 4 is 57.9 Å². The molecular formula is C33H39Cl2F2N5O5. The number of nitrogens with one attached hydrogen (secondary N) is 4. The predicted octanol–water partition coefficient (Wildman–Crippen LogP) is 5.45. The Morgan fingerprint density at radius 2 is 1.62 bits per heavy atom. The number of hydrogen-bond acceptors (Lipinski definition) is 5. The predicted molar refractivity (Wildman–Crippen MR) is 175 cm³/mol. The quantitative estimate of drug-likeness (QED) is 0.171. The van der Waals surface area contributed by atoms with Crippen LogP contribution in [0.3, 0.4) is 0 Å². The minimum atomic E-state index is -1.56. The number of primary amides is 1. The average molecular weight is 695 g/mol. The molecular weight excluding hydrogens is 655 g/mol. The molecule has 0 aliphatic heterocycles. The SMILES string of the molecule is CC[C@H](C)C(NC(=O)[C@@]1(NC(=O)C(NC(=O)OCc2cc(F)cc(F)c2)[C@@H](C)CC)CCc2[nH]c3c(Cl)cc(Cl)cc3c2C1)C(N)=O. The zero-order valence-electron chi connectivity index (χ0n) is 26.6. The third-order valence-electron chi connectivity index (χ3n) is 8.96. The number of aromatic amines is 1. The van der Waals surface area contributed by atoms with E-state index < -0.39 is 65.6 Å². The Balaban J connectivity index is 1.65. The van der Waals surface area contributed by atoms with Gasteiger partial charge >= 0.3 is 6.09 Å². The first-order valence-electron chi connectivity index (χ1n) is 15.5. The van der Waals surface area contributed by atoms with Gasteiger partial charge in [-0.25, -0.2) is 13.6 Å². The maximum absolute atomic E-state index is 14.2. The molecule has 1 heterocycles. The molecule has 47 heavy (non-hydrogen) atoms. The van der Waals surface area contributed by atoms with Crippen LogP contribution in [-0.2, 0) is 38.6 Å². The van der Waals surface area contributed by atoms with E-state index in [-0.39, 0.29) is 24.3 Å². The van der Waals surface area contributed by atoms with E-state index in [4.69, 9.17) is 33.7 Å². The van der Waals surface area contributed by atoms with Gasteiger partial charge in [0.2, 0.25) is 17.7 Å². The number of aryl methyl sites for hydroxylation is 1. The van der Waals surface area contributed by atoms with Crippen molar-refractivity contribution in [3.8, 4) is 0 Å². The standard InChI is InChI=1S/C33H39Cl2F2N5O5/c1-5-16(3)26(29(38)43)40-31(45)33(8-7-25-23(14-33)22-11-19(34)12-24(35)28(22)39-25)42-30(44)27(17(4)6-2)41-32(46)47-15-18-9-20(36)13-21(37)10-18/h9-13,16-17,26-27,39H,5-8,14-15H2,1-4H3,(H2,38,43)(H,40,45)(H,41,46)(H,42,44)/t16-,17-,26?,27?,33+/m0/s1. The van der Waals surface area contributed by atoms with Crippen molar-refractivity contribution in [1.29, 1.82) is 0 Å². The Morgan fingerprint density at radius 3 is 2.23 bits per heavy atom. The topological polar surface area (TPSA) is 155 Å². The van der Waals surface area contributed by atoms with Crippen molar-refractivity contribution in [3.05, 3.63) is 68.8 Å². The average Bonchev–Trinajstić information content (AvgIpc) is 3.37. The number of amides is 4. The van der Waals surface area contributed by atoms with Crippen LogP contribution in [0, 0.1) is 23.5 Å². The maximum atomic E-state index is 14.2. The van der Waals surface area contributed by atoms with Crippen LogP contribution in [0.25, 0.3) is 10.9 Å². The van der Waals surface area contributed by atoms with Gasteiger partial charge in [-0.15, -0.1) is 0 Å². The van der Waals surface area contributed by atoms with E-state index in [1.54, 1.807) is 26.0 Å². The molecule has 0 saturated heterocycles. The lowest BCUT2D eigenvalue weighted by atomic mass is 9.78. The van der Waals surface area contributed by atoms with E-state index in [1.165, 1.54) is 0 Å². The van der Waals surface area contributed by atoms with E-state index in [0.29, 0.717) is 46.3 Å². The first kappa shape index (κ1) is 35.9. The summed E-state index contributed by atoms with van der Waals surface area (Å²) in [5.41, 5.74) is 6.38. The van der Waals surface area contributed by atoms with Crippen molar-refractivity contribution in [3.63, 3.8) is 0 Å². The van der Waals surface area contributed by atoms with Crippen LogP contribution in [-0.4, -0.2) is 46.4 Å². The van der Waals surface area contributed by atoms with E-state index in [9.17, 15) is 28.0 Å². The fraction of sp³-hybridized carbons (Fsp3) is 0.455. The van der Waals surface area contributed by atoms with Crippen LogP contribution in [0.2, 0.25) is 10.0 Å². The molecule has 1 aliphatic rings. The minimum Gasteiger partial charge on any atom is -0.445 e. The second kappa shape index (κ2) is 14.9. The zero-order chi connectivity index (χ0) is 34.6. The summed E-state index contributed by atoms with van der Waals surface area (Å²) in [6.07, 6.45) is 0.528. The highest BCUT2D eigenvalue weighted by Crippen LogP contribution is 2.38. The minimum absolute atomic E-state index is 0.0192. The number of aromatic nitrogens is 1. The third-order valence-corrected chi connectivity index (χ3v) is 9.48. The molecule has 0 fully saturated rings. The van der Waals surface area contributed by atoms with Crippen LogP contribution < -0.4 is 21.7 Å². The highest BCUT2D eigenvalue weighted by atomic mass is 35.5. The van der Waals surface area contributed by atoms with Gasteiger partial charge in [0.05, 0.1) is 10.5 Å². The molecule has 6 N–H and O–H groups in total. The lowest BCUT2D eigenvalue weighted by Crippen LogP contribution is -2.67. The first-order valence-corrected chi connectivity index (χ1v) is 16.2. The Bertz CT molecular complexity index is 1660. The summed E-state index contributed by atoms with van der Waals surface area (Å²) in [4.78, 5) is 56.8. The van der Waals surface area contributed by atoms with Crippen molar-refractivity contribution in [2.24, 2.45) is 17.6 Å². The molecule has 3 aromatic rings. The van der Waals surface area contributed by atoms with Crippen molar-refractivity contribution in [2.45, 2.75) is 84.0 Å². The molecule has 4 amide bonds. The van der Waals surface area contributed by atoms with Crippen LogP contribution in [0.15, 0.2) is 30.3 Å². The molecule has 10 nitrogen and oxygen atoms in total. The van der Waals surface area contributed by atoms with Gasteiger partial charge in [-0.3, -0.25) is 14.4 Å². The smallest absolute Gasteiger partial charge is 0.408 e. The molecule has 0 radical (unpaired) electrons. The molecule has 2 unspecified atom stereocenters. The monoisotopic (exact) mass is 693 g/mol. The molecule has 0 saturated carbocycles. The summed E-state index contributed by atoms with van der Waals surface area (Å²) in [6, 6.07) is 3.92. The lowest BCUT2D eigenvalue weighted by Gasteiger charge is -2.39. The Kier molecular flexibility index (Phi) is 11.4. The molecule has 1 aliphatic carbocycles. The number of fused-ring (bicyclic) bond motifs is 3. The maximum Gasteiger partial charge on any atom is 0.408 e. The number of alkyl carbamates (subject to hydrolysis) is 1. The van der Waals surface area contributed by atoms with E-state index >= 15 is 0 Å². The molecule has 2 aromatic carbocycles. The highest BCUT2D eigenvalue weighted by Gasteiger charge is 2.46. The van der Waals surface area contributed by atoms with E-state index in [0.717, 1.165) is 23.4 Å². The number of rotatable bonds is 12. The van der Waals surface area contributed by atoms with E-state index in [2.05, 4.69) is 20.9 Å². The van der Waals surface area contributed by atoms with Gasteiger partial charge in [-0.05, 0) is 60.1 Å². The normalized spacial score (nSPS) is 18.4. The van der Waals surface area contributed by atoms with Crippen LogP contribution >= 0.6 is 23.2 Å². The highest BCUT2D eigenvalue weighted by molar-refractivity contribution is 6.38. The summed E-state index contributed by atoms with van der Waals surface area (Å²) >= 11 is 12.8. The number of hydrogen-bond donors (Lipinski definition) is 5. The van der Waals surface area contributed by atoms with Crippen molar-refractivity contribution in [1.82, 2.24) is 20.9 Å². The number of carbonyl (C=O) groups excluding carboxylic acids is 4. The largest absolute Gasteiger partial charge is 0.445 e. The van der Waals surface area contributed by atoms with E-state index in [1.807, 2.05) is 13.8 Å². The van der Waals surface area contributed by atoms with Crippen molar-refractivity contribution < 1.29 is 32.7 Å². The Hall–Kier alpha value is -3.90. The third kappa shape index (κ3) is 8.16. The number of H-pyrrole nitrogens is 1. The second-order valence-corrected chi connectivity index (χ2v) is 13.1. The van der Waals surface area contributed by atoms with Gasteiger partial charge in [-0.1, -0.05) is 63.7 Å². The van der Waals surface area contributed by atoms with Gasteiger partial charge in [0, 0.05) is 28.6 Å². The summed E-state index contributed by atoms with van der Waals surface area (Å²) in [5, 5.41) is 9.72. The zero-order valence-corrected chi connectivity index (χ0v) is 28.1. The fourth-order valence-electron chi connectivity index (χ4n) is 5.86. The summed E-state index contributed by atoms with van der Waals surface area (Å²) in [6.45, 7) is 6.78. The van der Waals surface area contributed by atoms with Crippen LogP contribution in [0.5, 0.6) is 0 Å². The van der Waals surface area contributed by atoms with Gasteiger partial charge in [0.15, 0.2) is 0 Å². The first-order chi connectivity index (χ1) is 22.2. The van der Waals surface area contributed by atoms with Crippen LogP contribution in [0.1, 0.15) is 63.8 Å². The number of halogens is 4. The summed E-state index contributed by atoms with van der Waals surface area (Å²) < 4.78 is 32.4. The fourth-order valence-corrected chi connectivity index (χ4v) is 6.41. The number of ether oxygens (including phenoxy) is 1. The number of nitrogens with two attached hydrogens (primary N) is 1. The number of benzene rings is 2. The van der Waals surface area contributed by atoms with Crippen molar-refractivity contribution in [2.75, 3.05) is 0 Å². The van der Waals surface area contributed by atoms with Gasteiger partial charge < -0.3 is 31.4 Å². The summed E-state index contributed by atoms with van der Waals surface area (Å²) in [7, 11) is 0. The second-order valence-electron chi connectivity index (χ2n) is 12.2. The van der Waals surface area contributed by atoms with Gasteiger partial charge in [0.1, 0.15) is 35.9 Å². The number of carbonyl (C=O) groups is 4. The molecule has 5 atom stereocenters. The van der Waals surface area contributed by atoms with Gasteiger partial charge in [0.25, 0.3) is 0 Å². The molecule has 4 rings (SSSR count). The van der Waals surface area contributed by atoms with Crippen LogP contribution in [0.4, 0.5) is 13.6 Å². The molecule has 0 spiro atoms.